The van der Waals surface area contributed by atoms with Crippen molar-refractivity contribution in [2.24, 2.45) is 0 Å². The Morgan fingerprint density at radius 3 is 3.04 bits per heavy atom. The van der Waals surface area contributed by atoms with Crippen LogP contribution in [0.5, 0.6) is 0 Å². The van der Waals surface area contributed by atoms with Crippen LogP contribution < -0.4 is 4.90 Å². The first-order chi connectivity index (χ1) is 11.2. The molecule has 0 aromatic carbocycles. The van der Waals surface area contributed by atoms with Gasteiger partial charge in [-0.15, -0.1) is 5.10 Å². The average Bonchev–Trinajstić information content (AvgIpc) is 3.11. The SMILES string of the molecule is COC(=O)c1cn([C@@H]2CCCN(c3ccc(C#N)nc3)C2)nn1. The molecule has 118 valence electrons. The fourth-order valence-corrected chi connectivity index (χ4v) is 2.70. The highest BCUT2D eigenvalue weighted by Crippen LogP contribution is 2.25. The minimum Gasteiger partial charge on any atom is -0.464 e. The Morgan fingerprint density at radius 1 is 1.48 bits per heavy atom. The maximum Gasteiger partial charge on any atom is 0.360 e. The Balaban J connectivity index is 1.74. The highest BCUT2D eigenvalue weighted by molar-refractivity contribution is 5.86. The highest BCUT2D eigenvalue weighted by Gasteiger charge is 2.24. The topological polar surface area (TPSA) is 96.9 Å². The predicted molar refractivity (Wildman–Crippen MR) is 80.8 cm³/mol. The number of hydrogen-bond donors (Lipinski definition) is 0. The zero-order chi connectivity index (χ0) is 16.2. The second kappa shape index (κ2) is 6.44. The maximum absolute atomic E-state index is 11.5. The number of nitriles is 1. The second-order valence-electron chi connectivity index (χ2n) is 5.33. The predicted octanol–water partition coefficient (Wildman–Crippen LogP) is 1.17. The van der Waals surface area contributed by atoms with Gasteiger partial charge in [0.1, 0.15) is 11.8 Å². The summed E-state index contributed by atoms with van der Waals surface area (Å²) in [6.07, 6.45) is 5.29. The fourth-order valence-electron chi connectivity index (χ4n) is 2.70. The summed E-state index contributed by atoms with van der Waals surface area (Å²) in [5, 5.41) is 16.7. The molecule has 0 aliphatic carbocycles. The van der Waals surface area contributed by atoms with Gasteiger partial charge in [-0.25, -0.2) is 14.5 Å². The van der Waals surface area contributed by atoms with E-state index in [0.29, 0.717) is 5.69 Å². The van der Waals surface area contributed by atoms with E-state index >= 15 is 0 Å². The van der Waals surface area contributed by atoms with Crippen LogP contribution in [-0.2, 0) is 4.74 Å². The minimum absolute atomic E-state index is 0.130. The Morgan fingerprint density at radius 2 is 2.35 bits per heavy atom. The van der Waals surface area contributed by atoms with Gasteiger partial charge in [0, 0.05) is 13.1 Å². The standard InChI is InChI=1S/C15H16N6O2/c1-23-15(22)14-10-21(19-18-14)13-3-2-6-20(9-13)12-5-4-11(7-16)17-8-12/h4-5,8,10,13H,2-3,6,9H2,1H3/t13-/m1/s1. The number of nitrogens with zero attached hydrogens (tertiary/aromatic N) is 6. The fraction of sp³-hybridized carbons (Fsp3) is 0.400. The van der Waals surface area contributed by atoms with Gasteiger partial charge in [0.2, 0.25) is 0 Å². The number of anilines is 1. The number of rotatable bonds is 3. The van der Waals surface area contributed by atoms with E-state index in [-0.39, 0.29) is 11.7 Å². The van der Waals surface area contributed by atoms with Gasteiger partial charge in [0.15, 0.2) is 5.69 Å². The summed E-state index contributed by atoms with van der Waals surface area (Å²) in [5.74, 6) is -0.486. The number of carbonyl (C=O) groups is 1. The lowest BCUT2D eigenvalue weighted by Crippen LogP contribution is -2.36. The van der Waals surface area contributed by atoms with Crippen LogP contribution in [0.2, 0.25) is 0 Å². The number of aromatic nitrogens is 4. The number of piperidine rings is 1. The Labute approximate surface area is 133 Å². The zero-order valence-corrected chi connectivity index (χ0v) is 12.7. The van der Waals surface area contributed by atoms with Crippen molar-refractivity contribution in [3.05, 3.63) is 35.9 Å². The van der Waals surface area contributed by atoms with E-state index in [1.54, 1.807) is 23.1 Å². The third-order valence-electron chi connectivity index (χ3n) is 3.90. The first-order valence-corrected chi connectivity index (χ1v) is 7.32. The molecule has 1 saturated heterocycles. The molecular formula is C15H16N6O2. The molecule has 3 heterocycles. The molecule has 1 aliphatic heterocycles. The molecule has 23 heavy (non-hydrogen) atoms. The van der Waals surface area contributed by atoms with Crippen molar-refractivity contribution in [3.63, 3.8) is 0 Å². The van der Waals surface area contributed by atoms with Crippen LogP contribution in [0.4, 0.5) is 5.69 Å². The lowest BCUT2D eigenvalue weighted by Gasteiger charge is -2.33. The molecule has 1 aliphatic rings. The highest BCUT2D eigenvalue weighted by atomic mass is 16.5. The van der Waals surface area contributed by atoms with E-state index in [1.807, 2.05) is 12.1 Å². The Kier molecular flexibility index (Phi) is 4.19. The van der Waals surface area contributed by atoms with Gasteiger partial charge in [-0.3, -0.25) is 0 Å². The second-order valence-corrected chi connectivity index (χ2v) is 5.33. The van der Waals surface area contributed by atoms with Crippen molar-refractivity contribution in [2.75, 3.05) is 25.1 Å². The molecule has 8 nitrogen and oxygen atoms in total. The molecule has 0 unspecified atom stereocenters. The van der Waals surface area contributed by atoms with Crippen LogP contribution in [0.25, 0.3) is 0 Å². The monoisotopic (exact) mass is 312 g/mol. The number of ether oxygens (including phenoxy) is 1. The lowest BCUT2D eigenvalue weighted by atomic mass is 10.1. The van der Waals surface area contributed by atoms with Gasteiger partial charge in [0.25, 0.3) is 0 Å². The average molecular weight is 312 g/mol. The molecule has 1 fully saturated rings. The number of hydrogen-bond acceptors (Lipinski definition) is 7. The normalized spacial score (nSPS) is 17.6. The third kappa shape index (κ3) is 3.13. The summed E-state index contributed by atoms with van der Waals surface area (Å²) in [5.41, 5.74) is 1.59. The molecule has 0 amide bonds. The van der Waals surface area contributed by atoms with Crippen LogP contribution in [0.1, 0.15) is 35.1 Å². The van der Waals surface area contributed by atoms with Crippen LogP contribution >= 0.6 is 0 Å². The number of carbonyl (C=O) groups excluding carboxylic acids is 1. The molecule has 3 rings (SSSR count). The van der Waals surface area contributed by atoms with Gasteiger partial charge in [-0.05, 0) is 25.0 Å². The molecule has 0 saturated carbocycles. The van der Waals surface area contributed by atoms with Crippen LogP contribution in [-0.4, -0.2) is 46.1 Å². The molecule has 0 N–H and O–H groups in total. The van der Waals surface area contributed by atoms with Crippen molar-refractivity contribution < 1.29 is 9.53 Å². The van der Waals surface area contributed by atoms with E-state index in [1.165, 1.54) is 7.11 Å². The van der Waals surface area contributed by atoms with Crippen molar-refractivity contribution in [3.8, 4) is 6.07 Å². The molecule has 2 aromatic rings. The number of pyridine rings is 1. The first kappa shape index (κ1) is 15.0. The van der Waals surface area contributed by atoms with E-state index in [2.05, 4.69) is 24.9 Å². The zero-order valence-electron chi connectivity index (χ0n) is 12.7. The van der Waals surface area contributed by atoms with Gasteiger partial charge >= 0.3 is 5.97 Å². The molecule has 8 heteroatoms. The van der Waals surface area contributed by atoms with E-state index in [4.69, 9.17) is 5.26 Å². The third-order valence-corrected chi connectivity index (χ3v) is 3.90. The minimum atomic E-state index is -0.486. The Bertz CT molecular complexity index is 733. The van der Waals surface area contributed by atoms with Crippen molar-refractivity contribution in [2.45, 2.75) is 18.9 Å². The summed E-state index contributed by atoms with van der Waals surface area (Å²) < 4.78 is 6.37. The van der Waals surface area contributed by atoms with Crippen LogP contribution in [0.15, 0.2) is 24.5 Å². The molecule has 1 atom stereocenters. The van der Waals surface area contributed by atoms with E-state index < -0.39 is 5.97 Å². The largest absolute Gasteiger partial charge is 0.464 e. The van der Waals surface area contributed by atoms with Crippen molar-refractivity contribution in [1.82, 2.24) is 20.0 Å². The molecule has 0 radical (unpaired) electrons. The molecule has 2 aromatic heterocycles. The Hall–Kier alpha value is -2.95. The van der Waals surface area contributed by atoms with Gasteiger partial charge in [-0.2, -0.15) is 5.26 Å². The summed E-state index contributed by atoms with van der Waals surface area (Å²) in [6, 6.07) is 5.75. The molecule has 0 spiro atoms. The first-order valence-electron chi connectivity index (χ1n) is 7.32. The quantitative estimate of drug-likeness (QED) is 0.785. The summed E-state index contributed by atoms with van der Waals surface area (Å²) >= 11 is 0. The lowest BCUT2D eigenvalue weighted by molar-refractivity contribution is 0.0594. The van der Waals surface area contributed by atoms with Crippen LogP contribution in [0, 0.1) is 11.3 Å². The summed E-state index contributed by atoms with van der Waals surface area (Å²) in [7, 11) is 1.32. The summed E-state index contributed by atoms with van der Waals surface area (Å²) in [4.78, 5) is 17.8. The van der Waals surface area contributed by atoms with Gasteiger partial charge in [0.05, 0.1) is 31.2 Å². The maximum atomic E-state index is 11.5. The molecular weight excluding hydrogens is 296 g/mol. The summed E-state index contributed by atoms with van der Waals surface area (Å²) in [6.45, 7) is 1.67. The van der Waals surface area contributed by atoms with Gasteiger partial charge in [-0.1, -0.05) is 5.21 Å². The van der Waals surface area contributed by atoms with Crippen molar-refractivity contribution in [1.29, 1.82) is 5.26 Å². The number of esters is 1. The smallest absolute Gasteiger partial charge is 0.360 e. The number of methoxy groups -OCH3 is 1. The molecule has 0 bridgehead atoms. The van der Waals surface area contributed by atoms with E-state index in [0.717, 1.165) is 31.6 Å². The van der Waals surface area contributed by atoms with Crippen molar-refractivity contribution >= 4 is 11.7 Å². The van der Waals surface area contributed by atoms with Crippen LogP contribution in [0.3, 0.4) is 0 Å². The van der Waals surface area contributed by atoms with E-state index in [9.17, 15) is 4.79 Å². The van der Waals surface area contributed by atoms with Gasteiger partial charge < -0.3 is 9.64 Å².